The first-order chi connectivity index (χ1) is 16.0. The Kier molecular flexibility index (Phi) is 7.61. The van der Waals surface area contributed by atoms with Crippen LogP contribution in [0.15, 0.2) is 30.9 Å². The van der Waals surface area contributed by atoms with Crippen LogP contribution in [0.5, 0.6) is 0 Å². The lowest BCUT2D eigenvalue weighted by Gasteiger charge is -2.31. The van der Waals surface area contributed by atoms with Crippen LogP contribution in [-0.2, 0) is 24.2 Å². The fourth-order valence-electron chi connectivity index (χ4n) is 4.64. The number of piperidine rings is 1. The Bertz CT molecular complexity index is 976. The molecular formula is C24H32N6O3. The summed E-state index contributed by atoms with van der Waals surface area (Å²) in [7, 11) is 0. The maximum absolute atomic E-state index is 12.6. The minimum Gasteiger partial charge on any atom is -0.390 e. The molecule has 2 N–H and O–H groups in total. The van der Waals surface area contributed by atoms with Crippen LogP contribution in [0, 0.1) is 5.92 Å². The summed E-state index contributed by atoms with van der Waals surface area (Å²) < 4.78 is 0. The molecule has 0 saturated carbocycles. The summed E-state index contributed by atoms with van der Waals surface area (Å²) in [5, 5.41) is 13.2. The second-order valence-corrected chi connectivity index (χ2v) is 9.04. The zero-order valence-corrected chi connectivity index (χ0v) is 19.1. The predicted octanol–water partition coefficient (Wildman–Crippen LogP) is 0.822. The van der Waals surface area contributed by atoms with Crippen molar-refractivity contribution < 1.29 is 14.7 Å². The van der Waals surface area contributed by atoms with Crippen LogP contribution in [0.4, 0.5) is 0 Å². The molecule has 0 aromatic carbocycles. The van der Waals surface area contributed by atoms with E-state index >= 15 is 0 Å². The molecule has 4 rings (SSSR count). The van der Waals surface area contributed by atoms with Crippen LogP contribution in [0.3, 0.4) is 0 Å². The van der Waals surface area contributed by atoms with E-state index in [4.69, 9.17) is 0 Å². The molecule has 0 aliphatic carbocycles. The molecule has 9 heteroatoms. The summed E-state index contributed by atoms with van der Waals surface area (Å²) in [5.41, 5.74) is 3.65. The summed E-state index contributed by atoms with van der Waals surface area (Å²) in [6, 6.07) is 3.78. The van der Waals surface area contributed by atoms with Crippen molar-refractivity contribution in [2.45, 2.75) is 45.3 Å². The Labute approximate surface area is 194 Å². The molecule has 0 spiro atoms. The van der Waals surface area contributed by atoms with Gasteiger partial charge in [0, 0.05) is 64.3 Å². The SMILES string of the molecule is CC(=O)N1CCC(Cc2cc(C(=O)NC[C@H](O)CN3CCc4ccncc4C3)ncn2)CC1. The van der Waals surface area contributed by atoms with Crippen molar-refractivity contribution in [3.63, 3.8) is 0 Å². The second-order valence-electron chi connectivity index (χ2n) is 9.04. The number of rotatable bonds is 7. The van der Waals surface area contributed by atoms with E-state index in [9.17, 15) is 14.7 Å². The number of carbonyl (C=O) groups excluding carboxylic acids is 2. The molecular weight excluding hydrogens is 420 g/mol. The van der Waals surface area contributed by atoms with Crippen molar-refractivity contribution in [2.24, 2.45) is 5.92 Å². The normalized spacial score (nSPS) is 17.9. The van der Waals surface area contributed by atoms with Gasteiger partial charge < -0.3 is 15.3 Å². The number of aliphatic hydroxyl groups is 1. The first kappa shape index (κ1) is 23.3. The Balaban J connectivity index is 1.23. The number of β-amino-alcohol motifs (C(OH)–C–C–N with tert-alkyl or cyclic N) is 1. The van der Waals surface area contributed by atoms with Gasteiger partial charge in [-0.2, -0.15) is 0 Å². The first-order valence-corrected chi connectivity index (χ1v) is 11.6. The summed E-state index contributed by atoms with van der Waals surface area (Å²) in [6.07, 6.45) is 8.04. The van der Waals surface area contributed by atoms with E-state index in [1.54, 1.807) is 13.0 Å². The number of nitrogens with one attached hydrogen (secondary N) is 1. The molecule has 4 heterocycles. The third kappa shape index (κ3) is 6.33. The molecule has 2 aromatic heterocycles. The van der Waals surface area contributed by atoms with E-state index in [0.717, 1.165) is 57.6 Å². The van der Waals surface area contributed by atoms with Crippen molar-refractivity contribution in [3.8, 4) is 0 Å². The highest BCUT2D eigenvalue weighted by molar-refractivity contribution is 5.92. The number of aromatic nitrogens is 3. The average Bonchev–Trinajstić information content (AvgIpc) is 2.83. The molecule has 1 atom stereocenters. The molecule has 2 aromatic rings. The van der Waals surface area contributed by atoms with Gasteiger partial charge in [0.1, 0.15) is 12.0 Å². The topological polar surface area (TPSA) is 112 Å². The minimum absolute atomic E-state index is 0.124. The summed E-state index contributed by atoms with van der Waals surface area (Å²) >= 11 is 0. The zero-order valence-electron chi connectivity index (χ0n) is 19.1. The molecule has 33 heavy (non-hydrogen) atoms. The number of aliphatic hydroxyl groups excluding tert-OH is 1. The van der Waals surface area contributed by atoms with Gasteiger partial charge in [0.15, 0.2) is 0 Å². The molecule has 2 aliphatic heterocycles. The number of amides is 2. The highest BCUT2D eigenvalue weighted by Gasteiger charge is 2.22. The van der Waals surface area contributed by atoms with Crippen LogP contribution in [0.25, 0.3) is 0 Å². The maximum Gasteiger partial charge on any atom is 0.270 e. The molecule has 0 radical (unpaired) electrons. The summed E-state index contributed by atoms with van der Waals surface area (Å²) in [5.74, 6) is 0.258. The molecule has 176 valence electrons. The predicted molar refractivity (Wildman–Crippen MR) is 122 cm³/mol. The monoisotopic (exact) mass is 452 g/mol. The van der Waals surface area contributed by atoms with Gasteiger partial charge in [-0.3, -0.25) is 19.5 Å². The van der Waals surface area contributed by atoms with Gasteiger partial charge in [0.2, 0.25) is 5.91 Å². The van der Waals surface area contributed by atoms with Crippen molar-refractivity contribution >= 4 is 11.8 Å². The molecule has 0 bridgehead atoms. The van der Waals surface area contributed by atoms with Crippen molar-refractivity contribution in [3.05, 3.63) is 53.4 Å². The Morgan fingerprint density at radius 2 is 2.03 bits per heavy atom. The smallest absolute Gasteiger partial charge is 0.270 e. The second kappa shape index (κ2) is 10.8. The highest BCUT2D eigenvalue weighted by atomic mass is 16.3. The lowest BCUT2D eigenvalue weighted by atomic mass is 9.92. The van der Waals surface area contributed by atoms with Crippen molar-refractivity contribution in [2.75, 3.05) is 32.7 Å². The molecule has 0 unspecified atom stereocenters. The summed E-state index contributed by atoms with van der Waals surface area (Å²) in [6.45, 7) is 5.44. The van der Waals surface area contributed by atoms with Gasteiger partial charge in [0.05, 0.1) is 6.10 Å². The number of hydrogen-bond acceptors (Lipinski definition) is 7. The number of likely N-dealkylation sites (tertiary alicyclic amines) is 1. The van der Waals surface area contributed by atoms with Gasteiger partial charge >= 0.3 is 0 Å². The number of nitrogens with zero attached hydrogens (tertiary/aromatic N) is 5. The molecule has 1 saturated heterocycles. The molecule has 2 amide bonds. The summed E-state index contributed by atoms with van der Waals surface area (Å²) in [4.78, 5) is 40.8. The number of fused-ring (bicyclic) bond motifs is 1. The molecule has 2 aliphatic rings. The lowest BCUT2D eigenvalue weighted by molar-refractivity contribution is -0.130. The standard InChI is InChI=1S/C24H32N6O3/c1-17(31)30-8-3-18(4-9-30)10-21-11-23(28-16-27-21)24(33)26-13-22(32)15-29-7-5-19-2-6-25-12-20(19)14-29/h2,6,11-12,16,18,22,32H,3-5,7-10,13-15H2,1H3,(H,26,33)/t22-/m0/s1. The zero-order chi connectivity index (χ0) is 23.2. The van der Waals surface area contributed by atoms with Crippen LogP contribution >= 0.6 is 0 Å². The van der Waals surface area contributed by atoms with Crippen molar-refractivity contribution in [1.82, 2.24) is 30.1 Å². The Hall–Kier alpha value is -2.91. The third-order valence-corrected chi connectivity index (χ3v) is 6.58. The molecule has 1 fully saturated rings. The Morgan fingerprint density at radius 3 is 2.82 bits per heavy atom. The number of pyridine rings is 1. The minimum atomic E-state index is -0.667. The lowest BCUT2D eigenvalue weighted by Crippen LogP contribution is -2.42. The fraction of sp³-hybridized carbons (Fsp3) is 0.542. The van der Waals surface area contributed by atoms with Crippen molar-refractivity contribution in [1.29, 1.82) is 0 Å². The first-order valence-electron chi connectivity index (χ1n) is 11.6. The number of carbonyl (C=O) groups is 2. The van der Waals surface area contributed by atoms with Gasteiger partial charge in [-0.1, -0.05) is 0 Å². The largest absolute Gasteiger partial charge is 0.390 e. The van der Waals surface area contributed by atoms with Gasteiger partial charge in [-0.05, 0) is 54.9 Å². The van der Waals surface area contributed by atoms with Gasteiger partial charge in [0.25, 0.3) is 5.91 Å². The van der Waals surface area contributed by atoms with E-state index in [2.05, 4.69) is 25.2 Å². The van der Waals surface area contributed by atoms with Crippen LogP contribution in [0.1, 0.15) is 47.1 Å². The van der Waals surface area contributed by atoms with E-state index in [1.165, 1.54) is 17.5 Å². The highest BCUT2D eigenvalue weighted by Crippen LogP contribution is 2.21. The quantitative estimate of drug-likeness (QED) is 0.640. The van der Waals surface area contributed by atoms with E-state index in [0.29, 0.717) is 18.2 Å². The van der Waals surface area contributed by atoms with E-state index in [1.807, 2.05) is 23.4 Å². The van der Waals surface area contributed by atoms with Crippen LogP contribution in [0.2, 0.25) is 0 Å². The maximum atomic E-state index is 12.6. The van der Waals surface area contributed by atoms with Crippen LogP contribution < -0.4 is 5.32 Å². The third-order valence-electron chi connectivity index (χ3n) is 6.58. The number of hydrogen-bond donors (Lipinski definition) is 2. The Morgan fingerprint density at radius 1 is 1.21 bits per heavy atom. The fourth-order valence-corrected chi connectivity index (χ4v) is 4.64. The average molecular weight is 453 g/mol. The molecule has 9 nitrogen and oxygen atoms in total. The van der Waals surface area contributed by atoms with E-state index in [-0.39, 0.29) is 18.4 Å². The van der Waals surface area contributed by atoms with Crippen LogP contribution in [-0.4, -0.2) is 80.5 Å². The van der Waals surface area contributed by atoms with E-state index < -0.39 is 6.10 Å². The van der Waals surface area contributed by atoms with Gasteiger partial charge in [-0.15, -0.1) is 0 Å². The van der Waals surface area contributed by atoms with Gasteiger partial charge in [-0.25, -0.2) is 9.97 Å².